The summed E-state index contributed by atoms with van der Waals surface area (Å²) in [5, 5.41) is 20.4. The molecular weight excluding hydrogens is 266 g/mol. The van der Waals surface area contributed by atoms with Gasteiger partial charge in [-0.1, -0.05) is 6.08 Å². The van der Waals surface area contributed by atoms with Gasteiger partial charge in [0.15, 0.2) is 0 Å². The highest BCUT2D eigenvalue weighted by atomic mass is 16.5. The standard InChI is InChI=1S/C17H33NO3/c1-8-17(6,7)21-12-14(20)11-18-15(2,3)9-13(19)10-16(18,4)5/h8,13-14,19-20H,1,9-12H2,2-7H3/t14-/m1/s1. The predicted octanol–water partition coefficient (Wildman–Crippen LogP) is 2.34. The number of likely N-dealkylation sites (tertiary alicyclic amines) is 1. The molecule has 0 radical (unpaired) electrons. The van der Waals surface area contributed by atoms with E-state index in [0.717, 1.165) is 12.8 Å². The molecular formula is C17H33NO3. The van der Waals surface area contributed by atoms with Crippen LogP contribution in [0.3, 0.4) is 0 Å². The molecule has 4 nitrogen and oxygen atoms in total. The third-order valence-electron chi connectivity index (χ3n) is 4.46. The predicted molar refractivity (Wildman–Crippen MR) is 86.3 cm³/mol. The molecule has 1 rings (SSSR count). The molecule has 0 amide bonds. The van der Waals surface area contributed by atoms with Crippen LogP contribution in [0.15, 0.2) is 12.7 Å². The molecule has 1 aliphatic heterocycles. The zero-order chi connectivity index (χ0) is 16.5. The summed E-state index contributed by atoms with van der Waals surface area (Å²) < 4.78 is 5.70. The second-order valence-electron chi connectivity index (χ2n) is 8.07. The van der Waals surface area contributed by atoms with Gasteiger partial charge in [-0.05, 0) is 54.4 Å². The van der Waals surface area contributed by atoms with Gasteiger partial charge in [-0.2, -0.15) is 0 Å². The molecule has 21 heavy (non-hydrogen) atoms. The number of hydrogen-bond donors (Lipinski definition) is 2. The Bertz CT molecular complexity index is 345. The van der Waals surface area contributed by atoms with E-state index in [1.165, 1.54) is 0 Å². The first kappa shape index (κ1) is 18.6. The van der Waals surface area contributed by atoms with Gasteiger partial charge in [-0.25, -0.2) is 0 Å². The van der Waals surface area contributed by atoms with Gasteiger partial charge in [0.1, 0.15) is 0 Å². The summed E-state index contributed by atoms with van der Waals surface area (Å²) in [7, 11) is 0. The largest absolute Gasteiger partial charge is 0.393 e. The molecule has 124 valence electrons. The highest BCUT2D eigenvalue weighted by molar-refractivity contribution is 5.00. The molecule has 0 bridgehead atoms. The molecule has 4 heteroatoms. The number of ether oxygens (including phenoxy) is 1. The van der Waals surface area contributed by atoms with E-state index in [4.69, 9.17) is 4.74 Å². The number of piperidine rings is 1. The minimum Gasteiger partial charge on any atom is -0.393 e. The second-order valence-corrected chi connectivity index (χ2v) is 8.07. The van der Waals surface area contributed by atoms with Gasteiger partial charge >= 0.3 is 0 Å². The van der Waals surface area contributed by atoms with E-state index >= 15 is 0 Å². The maximum Gasteiger partial charge on any atom is 0.0901 e. The van der Waals surface area contributed by atoms with Crippen LogP contribution in [-0.4, -0.2) is 57.2 Å². The van der Waals surface area contributed by atoms with E-state index in [2.05, 4.69) is 39.2 Å². The lowest BCUT2D eigenvalue weighted by Gasteiger charge is -2.55. The van der Waals surface area contributed by atoms with Crippen LogP contribution in [0.1, 0.15) is 54.4 Å². The lowest BCUT2D eigenvalue weighted by molar-refractivity contribution is -0.112. The lowest BCUT2D eigenvalue weighted by Crippen LogP contribution is -2.63. The first-order valence-electron chi connectivity index (χ1n) is 7.81. The van der Waals surface area contributed by atoms with Crippen molar-refractivity contribution in [3.05, 3.63) is 12.7 Å². The molecule has 0 spiro atoms. The molecule has 1 aliphatic rings. The first-order valence-corrected chi connectivity index (χ1v) is 7.81. The second kappa shape index (κ2) is 6.37. The Morgan fingerprint density at radius 1 is 1.29 bits per heavy atom. The first-order chi connectivity index (χ1) is 9.39. The summed E-state index contributed by atoms with van der Waals surface area (Å²) in [5.74, 6) is 0. The van der Waals surface area contributed by atoms with E-state index in [9.17, 15) is 10.2 Å². The summed E-state index contributed by atoms with van der Waals surface area (Å²) in [6.07, 6.45) is 2.35. The Morgan fingerprint density at radius 3 is 2.19 bits per heavy atom. The molecule has 0 aromatic rings. The summed E-state index contributed by atoms with van der Waals surface area (Å²) in [6, 6.07) is 0. The topological polar surface area (TPSA) is 52.9 Å². The number of rotatable bonds is 6. The number of aliphatic hydroxyl groups is 2. The van der Waals surface area contributed by atoms with E-state index in [1.54, 1.807) is 6.08 Å². The van der Waals surface area contributed by atoms with Crippen LogP contribution in [0.5, 0.6) is 0 Å². The van der Waals surface area contributed by atoms with Crippen molar-refractivity contribution < 1.29 is 14.9 Å². The fraction of sp³-hybridized carbons (Fsp3) is 0.882. The smallest absolute Gasteiger partial charge is 0.0901 e. The molecule has 0 unspecified atom stereocenters. The van der Waals surface area contributed by atoms with E-state index in [1.807, 2.05) is 13.8 Å². The van der Waals surface area contributed by atoms with Crippen molar-refractivity contribution in [2.24, 2.45) is 0 Å². The average molecular weight is 299 g/mol. The highest BCUT2D eigenvalue weighted by Gasteiger charge is 2.45. The van der Waals surface area contributed by atoms with Crippen LogP contribution >= 0.6 is 0 Å². The third kappa shape index (κ3) is 5.06. The van der Waals surface area contributed by atoms with Crippen molar-refractivity contribution in [1.82, 2.24) is 4.90 Å². The van der Waals surface area contributed by atoms with Crippen LogP contribution in [0.4, 0.5) is 0 Å². The quantitative estimate of drug-likeness (QED) is 0.739. The van der Waals surface area contributed by atoms with Crippen LogP contribution in [-0.2, 0) is 4.74 Å². The van der Waals surface area contributed by atoms with Gasteiger partial charge in [0.05, 0.1) is 24.4 Å². The van der Waals surface area contributed by atoms with Crippen molar-refractivity contribution in [1.29, 1.82) is 0 Å². The molecule has 0 aromatic heterocycles. The van der Waals surface area contributed by atoms with Crippen LogP contribution in [0.2, 0.25) is 0 Å². The van der Waals surface area contributed by atoms with Gasteiger partial charge in [0.2, 0.25) is 0 Å². The molecule has 0 aliphatic carbocycles. The number of aliphatic hydroxyl groups excluding tert-OH is 2. The Kier molecular flexibility index (Phi) is 5.65. The monoisotopic (exact) mass is 299 g/mol. The summed E-state index contributed by atoms with van der Waals surface area (Å²) in [4.78, 5) is 2.29. The minimum atomic E-state index is -0.557. The number of nitrogens with zero attached hydrogens (tertiary/aromatic N) is 1. The van der Waals surface area contributed by atoms with Crippen molar-refractivity contribution in [3.63, 3.8) is 0 Å². The maximum absolute atomic E-state index is 10.3. The molecule has 2 N–H and O–H groups in total. The molecule has 1 saturated heterocycles. The minimum absolute atomic E-state index is 0.143. The van der Waals surface area contributed by atoms with Gasteiger partial charge < -0.3 is 14.9 Å². The fourth-order valence-electron chi connectivity index (χ4n) is 3.39. The molecule has 0 saturated carbocycles. The molecule has 1 heterocycles. The Labute approximate surface area is 129 Å². The fourth-order valence-corrected chi connectivity index (χ4v) is 3.39. The van der Waals surface area contributed by atoms with Crippen molar-refractivity contribution in [3.8, 4) is 0 Å². The average Bonchev–Trinajstić information content (AvgIpc) is 2.30. The van der Waals surface area contributed by atoms with E-state index in [0.29, 0.717) is 6.54 Å². The maximum atomic E-state index is 10.3. The normalized spacial score (nSPS) is 24.8. The zero-order valence-electron chi connectivity index (χ0n) is 14.5. The zero-order valence-corrected chi connectivity index (χ0v) is 14.5. The highest BCUT2D eigenvalue weighted by Crippen LogP contribution is 2.38. The van der Waals surface area contributed by atoms with Crippen LogP contribution in [0, 0.1) is 0 Å². The Balaban J connectivity index is 2.68. The van der Waals surface area contributed by atoms with Gasteiger partial charge in [-0.3, -0.25) is 4.90 Å². The number of hydrogen-bond acceptors (Lipinski definition) is 4. The van der Waals surface area contributed by atoms with Gasteiger partial charge in [0, 0.05) is 17.6 Å². The molecule has 1 atom stereocenters. The molecule has 0 aromatic carbocycles. The SMILES string of the molecule is C=CC(C)(C)OC[C@H](O)CN1C(C)(C)CC(O)CC1(C)C. The lowest BCUT2D eigenvalue weighted by atomic mass is 9.78. The summed E-state index contributed by atoms with van der Waals surface area (Å²) in [6.45, 7) is 16.9. The van der Waals surface area contributed by atoms with Crippen LogP contribution in [0.25, 0.3) is 0 Å². The third-order valence-corrected chi connectivity index (χ3v) is 4.46. The Hall–Kier alpha value is -0.420. The summed E-state index contributed by atoms with van der Waals surface area (Å²) in [5.41, 5.74) is -0.712. The van der Waals surface area contributed by atoms with Crippen molar-refractivity contribution in [2.45, 2.75) is 83.3 Å². The van der Waals surface area contributed by atoms with Gasteiger partial charge in [0.25, 0.3) is 0 Å². The van der Waals surface area contributed by atoms with Crippen molar-refractivity contribution in [2.75, 3.05) is 13.2 Å². The van der Waals surface area contributed by atoms with E-state index < -0.39 is 11.7 Å². The van der Waals surface area contributed by atoms with Crippen LogP contribution < -0.4 is 0 Å². The Morgan fingerprint density at radius 2 is 1.76 bits per heavy atom. The van der Waals surface area contributed by atoms with Crippen molar-refractivity contribution >= 4 is 0 Å². The number of β-amino-alcohol motifs (C(OH)–C–C–N with tert-alkyl or cyclic N) is 1. The van der Waals surface area contributed by atoms with E-state index in [-0.39, 0.29) is 23.8 Å². The summed E-state index contributed by atoms with van der Waals surface area (Å²) >= 11 is 0. The van der Waals surface area contributed by atoms with Gasteiger partial charge in [-0.15, -0.1) is 6.58 Å². The molecule has 1 fully saturated rings.